The molecule has 118 valence electrons. The average Bonchev–Trinajstić information content (AvgIpc) is 3.24. The number of carbonyl (C=O) groups is 1. The fraction of sp³-hybridized carbons (Fsp3) is 0.353. The summed E-state index contributed by atoms with van der Waals surface area (Å²) < 4.78 is 1.79. The highest BCUT2D eigenvalue weighted by Crippen LogP contribution is 2.34. The van der Waals surface area contributed by atoms with Crippen molar-refractivity contribution in [2.45, 2.75) is 25.8 Å². The van der Waals surface area contributed by atoms with E-state index in [2.05, 4.69) is 15.3 Å². The summed E-state index contributed by atoms with van der Waals surface area (Å²) in [6, 6.07) is 4.09. The summed E-state index contributed by atoms with van der Waals surface area (Å²) in [5.74, 6) is 0.0642. The molecule has 3 aromatic rings. The van der Waals surface area contributed by atoms with Gasteiger partial charge in [-0.05, 0) is 37.5 Å². The number of nitrogens with zero attached hydrogens (tertiary/aromatic N) is 4. The van der Waals surface area contributed by atoms with Gasteiger partial charge in [0.15, 0.2) is 0 Å². The predicted molar refractivity (Wildman–Crippen MR) is 87.1 cm³/mol. The van der Waals surface area contributed by atoms with Gasteiger partial charge >= 0.3 is 0 Å². The summed E-state index contributed by atoms with van der Waals surface area (Å²) in [5, 5.41) is 12.3. The minimum absolute atomic E-state index is 0.0642. The van der Waals surface area contributed by atoms with Gasteiger partial charge in [0.2, 0.25) is 0 Å². The first kappa shape index (κ1) is 14.0. The van der Waals surface area contributed by atoms with Crippen LogP contribution in [-0.4, -0.2) is 37.3 Å². The van der Waals surface area contributed by atoms with Crippen LogP contribution in [0.5, 0.6) is 0 Å². The number of aromatic nitrogens is 4. The number of likely N-dealkylation sites (tertiary alicyclic amines) is 1. The summed E-state index contributed by atoms with van der Waals surface area (Å²) in [5.41, 5.74) is 3.69. The molecule has 1 N–H and O–H groups in total. The van der Waals surface area contributed by atoms with Crippen molar-refractivity contribution in [3.05, 3.63) is 47.4 Å². The number of rotatable bonds is 2. The van der Waals surface area contributed by atoms with Gasteiger partial charge in [0, 0.05) is 30.7 Å². The van der Waals surface area contributed by atoms with Crippen LogP contribution in [0.2, 0.25) is 0 Å². The minimum atomic E-state index is 0.0642. The van der Waals surface area contributed by atoms with Crippen molar-refractivity contribution in [2.75, 3.05) is 6.54 Å². The quantitative estimate of drug-likeness (QED) is 0.791. The molecular formula is C17H19N5O. The van der Waals surface area contributed by atoms with E-state index in [1.165, 1.54) is 0 Å². The molecule has 3 heterocycles. The van der Waals surface area contributed by atoms with E-state index in [0.29, 0.717) is 5.56 Å². The summed E-state index contributed by atoms with van der Waals surface area (Å²) >= 11 is 0. The van der Waals surface area contributed by atoms with Crippen molar-refractivity contribution in [3.8, 4) is 0 Å². The molecular weight excluding hydrogens is 290 g/mol. The third-order valence-electron chi connectivity index (χ3n) is 4.55. The minimum Gasteiger partial charge on any atom is -0.331 e. The van der Waals surface area contributed by atoms with E-state index in [1.807, 2.05) is 43.4 Å². The number of hydrogen-bond donors (Lipinski definition) is 1. The number of amides is 1. The first-order valence-corrected chi connectivity index (χ1v) is 7.87. The molecule has 1 aliphatic heterocycles. The van der Waals surface area contributed by atoms with E-state index >= 15 is 0 Å². The SMILES string of the molecule is Cc1cc(C(=O)N2CCC[C@H]2c2cnn(C)c2)c2[nH]ncc2c1. The van der Waals surface area contributed by atoms with Crippen LogP contribution < -0.4 is 0 Å². The lowest BCUT2D eigenvalue weighted by Crippen LogP contribution is -2.30. The van der Waals surface area contributed by atoms with Crippen molar-refractivity contribution < 1.29 is 4.79 Å². The Hall–Kier alpha value is -2.63. The number of benzene rings is 1. The molecule has 6 nitrogen and oxygen atoms in total. The molecule has 1 aromatic carbocycles. The molecule has 6 heteroatoms. The Morgan fingerprint density at radius 2 is 2.22 bits per heavy atom. The zero-order valence-electron chi connectivity index (χ0n) is 13.3. The van der Waals surface area contributed by atoms with Crippen LogP contribution in [0.15, 0.2) is 30.7 Å². The molecule has 2 aromatic heterocycles. The first-order valence-electron chi connectivity index (χ1n) is 7.87. The van der Waals surface area contributed by atoms with E-state index in [9.17, 15) is 4.79 Å². The Labute approximate surface area is 134 Å². The van der Waals surface area contributed by atoms with Crippen LogP contribution in [0.25, 0.3) is 10.9 Å². The Bertz CT molecular complexity index is 878. The smallest absolute Gasteiger partial charge is 0.256 e. The number of H-pyrrole nitrogens is 1. The van der Waals surface area contributed by atoms with Gasteiger partial charge in [0.1, 0.15) is 0 Å². The molecule has 0 saturated carbocycles. The second kappa shape index (κ2) is 5.22. The lowest BCUT2D eigenvalue weighted by atomic mass is 10.0. The van der Waals surface area contributed by atoms with Crippen molar-refractivity contribution >= 4 is 16.8 Å². The van der Waals surface area contributed by atoms with Crippen LogP contribution in [0.4, 0.5) is 0 Å². The Morgan fingerprint density at radius 3 is 3.00 bits per heavy atom. The molecule has 4 rings (SSSR count). The second-order valence-corrected chi connectivity index (χ2v) is 6.25. The lowest BCUT2D eigenvalue weighted by Gasteiger charge is -2.24. The Kier molecular flexibility index (Phi) is 3.18. The van der Waals surface area contributed by atoms with Crippen molar-refractivity contribution in [1.82, 2.24) is 24.9 Å². The van der Waals surface area contributed by atoms with Crippen LogP contribution in [0, 0.1) is 6.92 Å². The zero-order chi connectivity index (χ0) is 16.0. The van der Waals surface area contributed by atoms with Crippen LogP contribution in [0.1, 0.15) is 40.4 Å². The van der Waals surface area contributed by atoms with E-state index in [4.69, 9.17) is 0 Å². The van der Waals surface area contributed by atoms with Gasteiger partial charge < -0.3 is 4.90 Å². The highest BCUT2D eigenvalue weighted by molar-refractivity contribution is 6.06. The standard InChI is InChI=1S/C17H19N5O/c1-11-6-12-8-18-20-16(12)14(7-11)17(23)22-5-3-4-15(22)13-9-19-21(2)10-13/h6-10,15H,3-5H2,1-2H3,(H,18,20)/t15-/m0/s1. The van der Waals surface area contributed by atoms with Gasteiger partial charge in [-0.25, -0.2) is 0 Å². The summed E-state index contributed by atoms with van der Waals surface area (Å²) in [4.78, 5) is 15.1. The number of hydrogen-bond acceptors (Lipinski definition) is 3. The van der Waals surface area contributed by atoms with Gasteiger partial charge in [-0.15, -0.1) is 0 Å². The van der Waals surface area contributed by atoms with Crippen LogP contribution >= 0.6 is 0 Å². The predicted octanol–water partition coefficient (Wildman–Crippen LogP) is 2.58. The van der Waals surface area contributed by atoms with Crippen LogP contribution in [0.3, 0.4) is 0 Å². The maximum atomic E-state index is 13.2. The normalized spacial score (nSPS) is 18.0. The molecule has 0 bridgehead atoms. The van der Waals surface area contributed by atoms with E-state index in [1.54, 1.807) is 10.9 Å². The summed E-state index contributed by atoms with van der Waals surface area (Å²) in [6.45, 7) is 2.79. The van der Waals surface area contributed by atoms with Gasteiger partial charge in [-0.3, -0.25) is 14.6 Å². The fourth-order valence-electron chi connectivity index (χ4n) is 3.50. The van der Waals surface area contributed by atoms with Gasteiger partial charge in [0.25, 0.3) is 5.91 Å². The third-order valence-corrected chi connectivity index (χ3v) is 4.55. The molecule has 1 saturated heterocycles. The molecule has 0 aliphatic carbocycles. The second-order valence-electron chi connectivity index (χ2n) is 6.25. The van der Waals surface area contributed by atoms with E-state index < -0.39 is 0 Å². The number of aryl methyl sites for hydroxylation is 2. The number of nitrogens with one attached hydrogen (secondary N) is 1. The average molecular weight is 309 g/mol. The van der Waals surface area contributed by atoms with Crippen molar-refractivity contribution in [2.24, 2.45) is 7.05 Å². The molecule has 1 fully saturated rings. The largest absolute Gasteiger partial charge is 0.331 e. The Morgan fingerprint density at radius 1 is 1.35 bits per heavy atom. The lowest BCUT2D eigenvalue weighted by molar-refractivity contribution is 0.0737. The maximum absolute atomic E-state index is 13.2. The Balaban J connectivity index is 1.73. The monoisotopic (exact) mass is 309 g/mol. The number of fused-ring (bicyclic) bond motifs is 1. The summed E-state index contributed by atoms with van der Waals surface area (Å²) in [7, 11) is 1.90. The van der Waals surface area contributed by atoms with Crippen molar-refractivity contribution in [1.29, 1.82) is 0 Å². The molecule has 0 unspecified atom stereocenters. The molecule has 1 amide bonds. The maximum Gasteiger partial charge on any atom is 0.256 e. The zero-order valence-corrected chi connectivity index (χ0v) is 13.3. The molecule has 0 radical (unpaired) electrons. The van der Waals surface area contributed by atoms with Gasteiger partial charge in [0.05, 0.1) is 29.5 Å². The van der Waals surface area contributed by atoms with Gasteiger partial charge in [-0.2, -0.15) is 10.2 Å². The van der Waals surface area contributed by atoms with Crippen LogP contribution in [-0.2, 0) is 7.05 Å². The fourth-order valence-corrected chi connectivity index (χ4v) is 3.50. The molecule has 1 atom stereocenters. The van der Waals surface area contributed by atoms with E-state index in [0.717, 1.165) is 41.4 Å². The van der Waals surface area contributed by atoms with Crippen molar-refractivity contribution in [3.63, 3.8) is 0 Å². The highest BCUT2D eigenvalue weighted by Gasteiger charge is 2.32. The molecule has 0 spiro atoms. The molecule has 1 aliphatic rings. The first-order chi connectivity index (χ1) is 11.1. The van der Waals surface area contributed by atoms with E-state index in [-0.39, 0.29) is 11.9 Å². The summed E-state index contributed by atoms with van der Waals surface area (Å²) in [6.07, 6.45) is 7.62. The highest BCUT2D eigenvalue weighted by atomic mass is 16.2. The number of aromatic amines is 1. The van der Waals surface area contributed by atoms with Gasteiger partial charge in [-0.1, -0.05) is 0 Å². The number of carbonyl (C=O) groups excluding carboxylic acids is 1. The molecule has 23 heavy (non-hydrogen) atoms. The third kappa shape index (κ3) is 2.30. The topological polar surface area (TPSA) is 66.8 Å².